The molecule has 0 saturated carbocycles. The molecule has 0 aliphatic heterocycles. The topological polar surface area (TPSA) is 104 Å². The van der Waals surface area contributed by atoms with Crippen LogP contribution in [0.25, 0.3) is 0 Å². The van der Waals surface area contributed by atoms with E-state index in [0.717, 1.165) is 42.8 Å². The first kappa shape index (κ1) is 28.4. The predicted molar refractivity (Wildman–Crippen MR) is 136 cm³/mol. The van der Waals surface area contributed by atoms with Crippen molar-refractivity contribution in [2.45, 2.75) is 71.1 Å². The highest BCUT2D eigenvalue weighted by atomic mass is 16.5. The summed E-state index contributed by atoms with van der Waals surface area (Å²) in [5.41, 5.74) is 1.93. The van der Waals surface area contributed by atoms with E-state index in [4.69, 9.17) is 9.15 Å². The van der Waals surface area contributed by atoms with Gasteiger partial charge in [-0.1, -0.05) is 26.0 Å². The zero-order valence-electron chi connectivity index (χ0n) is 21.3. The van der Waals surface area contributed by atoms with Crippen LogP contribution < -0.4 is 15.4 Å². The van der Waals surface area contributed by atoms with Gasteiger partial charge in [0, 0.05) is 39.0 Å². The number of aliphatic hydroxyl groups excluding tert-OH is 1. The molecule has 0 fully saturated rings. The molecule has 8 nitrogen and oxygen atoms in total. The van der Waals surface area contributed by atoms with Gasteiger partial charge >= 0.3 is 0 Å². The fourth-order valence-electron chi connectivity index (χ4n) is 3.97. The van der Waals surface area contributed by atoms with Crippen molar-refractivity contribution < 1.29 is 23.8 Å². The van der Waals surface area contributed by atoms with Crippen molar-refractivity contribution in [2.75, 3.05) is 26.7 Å². The Morgan fingerprint density at radius 3 is 2.54 bits per heavy atom. The van der Waals surface area contributed by atoms with Gasteiger partial charge in [0.15, 0.2) is 0 Å². The quantitative estimate of drug-likeness (QED) is 0.316. The number of carbonyl (C=O) groups is 2. The number of hydrogen-bond donors (Lipinski definition) is 3. The average Bonchev–Trinajstić information content (AvgIpc) is 3.36. The molecule has 1 heterocycles. The summed E-state index contributed by atoms with van der Waals surface area (Å²) < 4.78 is 10.4. The van der Waals surface area contributed by atoms with Gasteiger partial charge in [0.2, 0.25) is 11.8 Å². The molecular weight excluding hydrogens is 446 g/mol. The number of rotatable bonds is 17. The van der Waals surface area contributed by atoms with Crippen LogP contribution in [0.1, 0.15) is 57.1 Å². The average molecular weight is 488 g/mol. The predicted octanol–water partition coefficient (Wildman–Crippen LogP) is 3.29. The van der Waals surface area contributed by atoms with E-state index in [-0.39, 0.29) is 18.2 Å². The van der Waals surface area contributed by atoms with Gasteiger partial charge in [-0.05, 0) is 55.0 Å². The fourth-order valence-corrected chi connectivity index (χ4v) is 3.97. The zero-order valence-corrected chi connectivity index (χ0v) is 21.3. The Hall–Kier alpha value is -2.84. The van der Waals surface area contributed by atoms with Gasteiger partial charge in [0.1, 0.15) is 5.75 Å². The third kappa shape index (κ3) is 10.5. The number of nitrogens with one attached hydrogen (secondary N) is 2. The van der Waals surface area contributed by atoms with Crippen LogP contribution in [0.3, 0.4) is 0 Å². The molecular formula is C27H41N3O5. The molecule has 0 aliphatic carbocycles. The molecule has 2 atom stereocenters. The van der Waals surface area contributed by atoms with Gasteiger partial charge in [-0.15, -0.1) is 0 Å². The maximum atomic E-state index is 12.7. The number of amides is 2. The highest BCUT2D eigenvalue weighted by molar-refractivity contribution is 5.79. The van der Waals surface area contributed by atoms with E-state index < -0.39 is 12.1 Å². The number of hydrogen-bond acceptors (Lipinski definition) is 6. The molecule has 2 amide bonds. The lowest BCUT2D eigenvalue weighted by Gasteiger charge is -2.25. The van der Waals surface area contributed by atoms with Crippen LogP contribution in [0.2, 0.25) is 0 Å². The number of benzene rings is 1. The standard InChI is InChI=1S/C27H41N3O5/c1-4-13-30(14-5-2)27(33)11-7-10-26(32)29-24(17-22-12-15-35-20-22)25(31)19-28-18-21-8-6-9-23(16-21)34-3/h6,8-9,12,15-16,20,24-25,28,31H,4-5,7,10-11,13-14,17-19H2,1-3H3,(H,29,32)/t24-,25+/m0/s1. The SMILES string of the molecule is CCCN(CCC)C(=O)CCCC(=O)N[C@@H](Cc1ccoc1)[C@H](O)CNCc1cccc(OC)c1. The normalized spacial score (nSPS) is 12.7. The second kappa shape index (κ2) is 15.9. The minimum atomic E-state index is -0.800. The zero-order chi connectivity index (χ0) is 25.5. The van der Waals surface area contributed by atoms with Crippen LogP contribution in [-0.2, 0) is 22.6 Å². The smallest absolute Gasteiger partial charge is 0.222 e. The highest BCUT2D eigenvalue weighted by Crippen LogP contribution is 2.13. The fraction of sp³-hybridized carbons (Fsp3) is 0.556. The Labute approximate surface area is 209 Å². The number of aliphatic hydroxyl groups is 1. The summed E-state index contributed by atoms with van der Waals surface area (Å²) in [4.78, 5) is 27.0. The summed E-state index contributed by atoms with van der Waals surface area (Å²) >= 11 is 0. The summed E-state index contributed by atoms with van der Waals surface area (Å²) in [5.74, 6) is 0.704. The van der Waals surface area contributed by atoms with Crippen molar-refractivity contribution in [3.05, 3.63) is 54.0 Å². The van der Waals surface area contributed by atoms with E-state index in [2.05, 4.69) is 24.5 Å². The number of nitrogens with zero attached hydrogens (tertiary/aromatic N) is 1. The molecule has 8 heteroatoms. The summed E-state index contributed by atoms with van der Waals surface area (Å²) in [6.07, 6.45) is 5.76. The molecule has 0 saturated heterocycles. The Morgan fingerprint density at radius 1 is 1.11 bits per heavy atom. The lowest BCUT2D eigenvalue weighted by atomic mass is 10.0. The van der Waals surface area contributed by atoms with E-state index in [9.17, 15) is 14.7 Å². The molecule has 0 aliphatic rings. The maximum Gasteiger partial charge on any atom is 0.222 e. The van der Waals surface area contributed by atoms with E-state index in [1.165, 1.54) is 0 Å². The summed E-state index contributed by atoms with van der Waals surface area (Å²) in [6.45, 7) is 6.48. The Morgan fingerprint density at radius 2 is 1.89 bits per heavy atom. The van der Waals surface area contributed by atoms with Crippen LogP contribution >= 0.6 is 0 Å². The summed E-state index contributed by atoms with van der Waals surface area (Å²) in [5, 5.41) is 17.1. The van der Waals surface area contributed by atoms with Gasteiger partial charge in [-0.25, -0.2) is 0 Å². The van der Waals surface area contributed by atoms with Crippen LogP contribution in [0.4, 0.5) is 0 Å². The van der Waals surface area contributed by atoms with E-state index in [1.807, 2.05) is 35.2 Å². The molecule has 35 heavy (non-hydrogen) atoms. The maximum absolute atomic E-state index is 12.7. The highest BCUT2D eigenvalue weighted by Gasteiger charge is 2.22. The first-order valence-corrected chi connectivity index (χ1v) is 12.6. The summed E-state index contributed by atoms with van der Waals surface area (Å²) in [7, 11) is 1.63. The third-order valence-electron chi connectivity index (χ3n) is 5.80. The van der Waals surface area contributed by atoms with Crippen molar-refractivity contribution in [3.8, 4) is 5.75 Å². The van der Waals surface area contributed by atoms with Crippen molar-refractivity contribution in [1.29, 1.82) is 0 Å². The van der Waals surface area contributed by atoms with Gasteiger partial charge in [-0.3, -0.25) is 9.59 Å². The molecule has 0 bridgehead atoms. The second-order valence-electron chi connectivity index (χ2n) is 8.79. The number of methoxy groups -OCH3 is 1. The van der Waals surface area contributed by atoms with Crippen LogP contribution in [0.15, 0.2) is 47.3 Å². The van der Waals surface area contributed by atoms with Gasteiger partial charge < -0.3 is 29.8 Å². The lowest BCUT2D eigenvalue weighted by Crippen LogP contribution is -2.48. The van der Waals surface area contributed by atoms with E-state index in [0.29, 0.717) is 32.4 Å². The van der Waals surface area contributed by atoms with Gasteiger partial charge in [0.05, 0.1) is 31.8 Å². The molecule has 2 aromatic rings. The number of ether oxygens (including phenoxy) is 1. The third-order valence-corrected chi connectivity index (χ3v) is 5.80. The monoisotopic (exact) mass is 487 g/mol. The minimum absolute atomic E-state index is 0.0956. The molecule has 0 unspecified atom stereocenters. The molecule has 3 N–H and O–H groups in total. The van der Waals surface area contributed by atoms with Crippen molar-refractivity contribution in [2.24, 2.45) is 0 Å². The number of carbonyl (C=O) groups excluding carboxylic acids is 2. The first-order chi connectivity index (χ1) is 17.0. The Balaban J connectivity index is 1.85. The van der Waals surface area contributed by atoms with Gasteiger partial charge in [0.25, 0.3) is 0 Å². The largest absolute Gasteiger partial charge is 0.497 e. The molecule has 0 spiro atoms. The van der Waals surface area contributed by atoms with E-state index in [1.54, 1.807) is 19.6 Å². The van der Waals surface area contributed by atoms with E-state index >= 15 is 0 Å². The van der Waals surface area contributed by atoms with Gasteiger partial charge in [-0.2, -0.15) is 0 Å². The van der Waals surface area contributed by atoms with Crippen LogP contribution in [0.5, 0.6) is 5.75 Å². The first-order valence-electron chi connectivity index (χ1n) is 12.6. The van der Waals surface area contributed by atoms with Crippen molar-refractivity contribution >= 4 is 11.8 Å². The molecule has 1 aromatic carbocycles. The summed E-state index contributed by atoms with van der Waals surface area (Å²) in [6, 6.07) is 9.06. The Bertz CT molecular complexity index is 865. The second-order valence-corrected chi connectivity index (χ2v) is 8.79. The van der Waals surface area contributed by atoms with Crippen molar-refractivity contribution in [1.82, 2.24) is 15.5 Å². The van der Waals surface area contributed by atoms with Crippen LogP contribution in [0, 0.1) is 0 Å². The molecule has 194 valence electrons. The van der Waals surface area contributed by atoms with Crippen molar-refractivity contribution in [3.63, 3.8) is 0 Å². The lowest BCUT2D eigenvalue weighted by molar-refractivity contribution is -0.131. The Kier molecular flexibility index (Phi) is 12.9. The molecule has 0 radical (unpaired) electrons. The number of furan rings is 1. The molecule has 2 rings (SSSR count). The van der Waals surface area contributed by atoms with Crippen LogP contribution in [-0.4, -0.2) is 60.7 Å². The molecule has 1 aromatic heterocycles. The minimum Gasteiger partial charge on any atom is -0.497 e.